The maximum absolute atomic E-state index is 13.1. The van der Waals surface area contributed by atoms with Gasteiger partial charge in [-0.15, -0.1) is 12.4 Å². The van der Waals surface area contributed by atoms with Gasteiger partial charge < -0.3 is 5.32 Å². The SMILES string of the molecule is Cl.Fc1ccc([C@H](CCC(F)(F)F)N2CCNCC2)c(Cl)c1. The molecule has 22 heavy (non-hydrogen) atoms. The van der Waals surface area contributed by atoms with Crippen LogP contribution in [0.2, 0.25) is 5.02 Å². The minimum absolute atomic E-state index is 0. The summed E-state index contributed by atoms with van der Waals surface area (Å²) in [6, 6.07) is 3.44. The van der Waals surface area contributed by atoms with Crippen LogP contribution in [0.3, 0.4) is 0 Å². The van der Waals surface area contributed by atoms with Gasteiger partial charge in [-0.1, -0.05) is 17.7 Å². The zero-order chi connectivity index (χ0) is 15.5. The highest BCUT2D eigenvalue weighted by Crippen LogP contribution is 2.35. The second kappa shape index (κ2) is 8.34. The normalized spacial score (nSPS) is 17.9. The summed E-state index contributed by atoms with van der Waals surface area (Å²) >= 11 is 6.03. The molecule has 2 nitrogen and oxygen atoms in total. The molecular formula is C14H18Cl2F4N2. The zero-order valence-corrected chi connectivity index (χ0v) is 13.4. The van der Waals surface area contributed by atoms with Crippen LogP contribution in [0.5, 0.6) is 0 Å². The first-order valence-electron chi connectivity index (χ1n) is 6.83. The van der Waals surface area contributed by atoms with Gasteiger partial charge in [-0.2, -0.15) is 13.2 Å². The molecule has 1 fully saturated rings. The van der Waals surface area contributed by atoms with E-state index in [4.69, 9.17) is 11.6 Å². The van der Waals surface area contributed by atoms with Crippen molar-refractivity contribution < 1.29 is 17.6 Å². The van der Waals surface area contributed by atoms with Gasteiger partial charge in [-0.3, -0.25) is 4.90 Å². The molecule has 8 heteroatoms. The Morgan fingerprint density at radius 2 is 1.86 bits per heavy atom. The van der Waals surface area contributed by atoms with E-state index in [9.17, 15) is 17.6 Å². The Morgan fingerprint density at radius 1 is 1.23 bits per heavy atom. The first-order valence-corrected chi connectivity index (χ1v) is 7.21. The van der Waals surface area contributed by atoms with Crippen molar-refractivity contribution in [2.75, 3.05) is 26.2 Å². The fourth-order valence-corrected chi connectivity index (χ4v) is 2.89. The molecule has 0 aromatic heterocycles. The number of nitrogens with one attached hydrogen (secondary N) is 1. The first-order chi connectivity index (χ1) is 9.87. The summed E-state index contributed by atoms with van der Waals surface area (Å²) in [6.07, 6.45) is -5.16. The van der Waals surface area contributed by atoms with Crippen molar-refractivity contribution in [3.8, 4) is 0 Å². The Hall–Kier alpha value is -0.560. The van der Waals surface area contributed by atoms with Crippen LogP contribution in [0, 0.1) is 5.82 Å². The molecular weight excluding hydrogens is 343 g/mol. The van der Waals surface area contributed by atoms with Crippen LogP contribution in [0.25, 0.3) is 0 Å². The van der Waals surface area contributed by atoms with Gasteiger partial charge in [0.15, 0.2) is 0 Å². The standard InChI is InChI=1S/C14H17ClF4N2.ClH/c15-12-9-10(16)1-2-11(12)13(3-4-14(17,18)19)21-7-5-20-6-8-21;/h1-2,9,13,20H,3-8H2;1H/t13-;/m0./s1. The lowest BCUT2D eigenvalue weighted by molar-refractivity contribution is -0.138. The fraction of sp³-hybridized carbons (Fsp3) is 0.571. The zero-order valence-electron chi connectivity index (χ0n) is 11.8. The van der Waals surface area contributed by atoms with E-state index in [1.165, 1.54) is 12.1 Å². The van der Waals surface area contributed by atoms with E-state index in [1.807, 2.05) is 4.90 Å². The Morgan fingerprint density at radius 3 is 2.41 bits per heavy atom. The van der Waals surface area contributed by atoms with Gasteiger partial charge in [0.2, 0.25) is 0 Å². The molecule has 1 aromatic carbocycles. The topological polar surface area (TPSA) is 15.3 Å². The lowest BCUT2D eigenvalue weighted by Gasteiger charge is -2.36. The number of benzene rings is 1. The summed E-state index contributed by atoms with van der Waals surface area (Å²) < 4.78 is 50.8. The van der Waals surface area contributed by atoms with Crippen LogP contribution in [-0.4, -0.2) is 37.3 Å². The van der Waals surface area contributed by atoms with Crippen LogP contribution >= 0.6 is 24.0 Å². The maximum Gasteiger partial charge on any atom is 0.389 e. The quantitative estimate of drug-likeness (QED) is 0.809. The summed E-state index contributed by atoms with van der Waals surface area (Å²) in [7, 11) is 0. The van der Waals surface area contributed by atoms with E-state index >= 15 is 0 Å². The fourth-order valence-electron chi connectivity index (χ4n) is 2.60. The van der Waals surface area contributed by atoms with E-state index < -0.39 is 24.5 Å². The lowest BCUT2D eigenvalue weighted by Crippen LogP contribution is -2.45. The maximum atomic E-state index is 13.1. The van der Waals surface area contributed by atoms with Crippen LogP contribution in [0.4, 0.5) is 17.6 Å². The number of alkyl halides is 3. The predicted molar refractivity (Wildman–Crippen MR) is 81.1 cm³/mol. The van der Waals surface area contributed by atoms with Crippen molar-refractivity contribution in [3.05, 3.63) is 34.6 Å². The molecule has 1 N–H and O–H groups in total. The number of piperazine rings is 1. The molecule has 0 amide bonds. The summed E-state index contributed by atoms with van der Waals surface area (Å²) in [4.78, 5) is 1.97. The van der Waals surface area contributed by atoms with Gasteiger partial charge in [0, 0.05) is 43.7 Å². The van der Waals surface area contributed by atoms with Gasteiger partial charge in [0.1, 0.15) is 5.82 Å². The average Bonchev–Trinajstić information content (AvgIpc) is 2.41. The first kappa shape index (κ1) is 19.5. The molecule has 0 unspecified atom stereocenters. The number of hydrogen-bond acceptors (Lipinski definition) is 2. The molecule has 0 spiro atoms. The van der Waals surface area contributed by atoms with Gasteiger partial charge in [-0.05, 0) is 24.1 Å². The second-order valence-electron chi connectivity index (χ2n) is 5.12. The molecule has 0 radical (unpaired) electrons. The molecule has 1 aliphatic rings. The molecule has 2 rings (SSSR count). The van der Waals surface area contributed by atoms with Crippen molar-refractivity contribution in [2.45, 2.75) is 25.1 Å². The van der Waals surface area contributed by atoms with Gasteiger partial charge in [0.25, 0.3) is 0 Å². The molecule has 1 atom stereocenters. The van der Waals surface area contributed by atoms with Crippen LogP contribution < -0.4 is 5.32 Å². The third kappa shape index (κ3) is 5.57. The summed E-state index contributed by atoms with van der Waals surface area (Å²) in [6.45, 7) is 2.75. The summed E-state index contributed by atoms with van der Waals surface area (Å²) in [5.74, 6) is -0.487. The van der Waals surface area contributed by atoms with E-state index in [0.29, 0.717) is 18.7 Å². The average molecular weight is 361 g/mol. The van der Waals surface area contributed by atoms with E-state index in [-0.39, 0.29) is 23.9 Å². The minimum atomic E-state index is -4.21. The minimum Gasteiger partial charge on any atom is -0.314 e. The Balaban J connectivity index is 0.00000242. The Labute approximate surface area is 138 Å². The molecule has 1 aliphatic heterocycles. The van der Waals surface area contributed by atoms with Gasteiger partial charge >= 0.3 is 6.18 Å². The Kier molecular flexibility index (Phi) is 7.38. The number of rotatable bonds is 4. The monoisotopic (exact) mass is 360 g/mol. The van der Waals surface area contributed by atoms with Crippen LogP contribution in [0.1, 0.15) is 24.4 Å². The van der Waals surface area contributed by atoms with Crippen LogP contribution in [-0.2, 0) is 0 Å². The van der Waals surface area contributed by atoms with Gasteiger partial charge in [0.05, 0.1) is 0 Å². The van der Waals surface area contributed by atoms with Crippen molar-refractivity contribution in [3.63, 3.8) is 0 Å². The van der Waals surface area contributed by atoms with Crippen LogP contribution in [0.15, 0.2) is 18.2 Å². The van der Waals surface area contributed by atoms with Crippen molar-refractivity contribution in [2.24, 2.45) is 0 Å². The molecule has 1 saturated heterocycles. The van der Waals surface area contributed by atoms with Crippen molar-refractivity contribution >= 4 is 24.0 Å². The number of nitrogens with zero attached hydrogens (tertiary/aromatic N) is 1. The summed E-state index contributed by atoms with van der Waals surface area (Å²) in [5.41, 5.74) is 0.559. The summed E-state index contributed by atoms with van der Waals surface area (Å²) in [5, 5.41) is 3.34. The highest BCUT2D eigenvalue weighted by atomic mass is 35.5. The van der Waals surface area contributed by atoms with E-state index in [0.717, 1.165) is 19.2 Å². The van der Waals surface area contributed by atoms with E-state index in [2.05, 4.69) is 5.32 Å². The Bertz CT molecular complexity index is 476. The van der Waals surface area contributed by atoms with Crippen molar-refractivity contribution in [1.82, 2.24) is 10.2 Å². The molecule has 0 bridgehead atoms. The molecule has 0 saturated carbocycles. The smallest absolute Gasteiger partial charge is 0.314 e. The molecule has 0 aliphatic carbocycles. The number of halogens is 6. The molecule has 126 valence electrons. The van der Waals surface area contributed by atoms with Gasteiger partial charge in [-0.25, -0.2) is 4.39 Å². The largest absolute Gasteiger partial charge is 0.389 e. The van der Waals surface area contributed by atoms with Crippen molar-refractivity contribution in [1.29, 1.82) is 0 Å². The highest BCUT2D eigenvalue weighted by molar-refractivity contribution is 6.31. The lowest BCUT2D eigenvalue weighted by atomic mass is 9.99. The third-order valence-corrected chi connectivity index (χ3v) is 3.94. The predicted octanol–water partition coefficient (Wildman–Crippen LogP) is 4.19. The highest BCUT2D eigenvalue weighted by Gasteiger charge is 2.32. The molecule has 1 heterocycles. The third-order valence-electron chi connectivity index (χ3n) is 3.62. The number of hydrogen-bond donors (Lipinski definition) is 1. The molecule has 1 aromatic rings. The van der Waals surface area contributed by atoms with E-state index in [1.54, 1.807) is 0 Å². The second-order valence-corrected chi connectivity index (χ2v) is 5.53.